The Balaban J connectivity index is 1.54. The summed E-state index contributed by atoms with van der Waals surface area (Å²) in [6, 6.07) is 12.7. The predicted octanol–water partition coefficient (Wildman–Crippen LogP) is 7.55. The lowest BCUT2D eigenvalue weighted by molar-refractivity contribution is -0.139. The Hall–Kier alpha value is -2.82. The van der Waals surface area contributed by atoms with Gasteiger partial charge in [-0.2, -0.15) is 24.5 Å². The van der Waals surface area contributed by atoms with Gasteiger partial charge in [-0.25, -0.2) is 9.78 Å². The van der Waals surface area contributed by atoms with Gasteiger partial charge >= 0.3 is 12.1 Å². The average Bonchev–Trinajstić information content (AvgIpc) is 3.47. The van der Waals surface area contributed by atoms with E-state index in [-0.39, 0.29) is 0 Å². The summed E-state index contributed by atoms with van der Waals surface area (Å²) in [6.45, 7) is 1.46. The first-order chi connectivity index (χ1) is 16.7. The summed E-state index contributed by atoms with van der Waals surface area (Å²) in [7, 11) is 0. The number of benzene rings is 2. The van der Waals surface area contributed by atoms with E-state index in [4.69, 9.17) is 14.8 Å². The third-order valence-electron chi connectivity index (χ3n) is 5.06. The normalized spacial score (nSPS) is 11.5. The number of ether oxygens (including phenoxy) is 1. The third-order valence-corrected chi connectivity index (χ3v) is 8.14. The lowest BCUT2D eigenvalue weighted by atomic mass is 10.1. The van der Waals surface area contributed by atoms with Crippen molar-refractivity contribution in [3.63, 3.8) is 0 Å². The molecule has 2 heterocycles. The zero-order chi connectivity index (χ0) is 25.0. The van der Waals surface area contributed by atoms with Gasteiger partial charge in [0.15, 0.2) is 6.61 Å². The molecule has 0 saturated carbocycles. The predicted molar refractivity (Wildman–Crippen MR) is 134 cm³/mol. The molecule has 1 N–H and O–H groups in total. The molecule has 0 bridgehead atoms. The molecule has 0 spiro atoms. The summed E-state index contributed by atoms with van der Waals surface area (Å²) in [4.78, 5) is 17.6. The number of aromatic nitrogens is 1. The molecule has 182 valence electrons. The lowest BCUT2D eigenvalue weighted by Crippen LogP contribution is -2.09. The Kier molecular flexibility index (Phi) is 7.83. The molecule has 4 rings (SSSR count). The van der Waals surface area contributed by atoms with E-state index in [1.54, 1.807) is 29.2 Å². The van der Waals surface area contributed by atoms with Crippen molar-refractivity contribution in [2.24, 2.45) is 0 Å². The van der Waals surface area contributed by atoms with E-state index in [1.165, 1.54) is 23.5 Å². The van der Waals surface area contributed by atoms with Crippen molar-refractivity contribution < 1.29 is 27.8 Å². The second-order valence-corrected chi connectivity index (χ2v) is 10.6. The molecule has 10 heteroatoms. The average molecular weight is 536 g/mol. The first-order valence-corrected chi connectivity index (χ1v) is 13.2. The Morgan fingerprint density at radius 1 is 1.14 bits per heavy atom. The SMILES string of the molecule is Cc1cc(SCc2sc(-c3ccc(C(F)(F)F)cc3)nc2Cc2ccsc2)ccc1OCC(=O)O. The summed E-state index contributed by atoms with van der Waals surface area (Å²) in [5, 5.41) is 13.6. The molecule has 35 heavy (non-hydrogen) atoms. The molecular weight excluding hydrogens is 515 g/mol. The van der Waals surface area contributed by atoms with Crippen LogP contribution in [0.1, 0.15) is 27.3 Å². The molecule has 4 nitrogen and oxygen atoms in total. The number of halogens is 3. The Bertz CT molecular complexity index is 1300. The number of carbonyl (C=O) groups is 1. The van der Waals surface area contributed by atoms with Crippen molar-refractivity contribution in [1.29, 1.82) is 0 Å². The van der Waals surface area contributed by atoms with Crippen LogP contribution in [-0.2, 0) is 23.1 Å². The maximum Gasteiger partial charge on any atom is 0.416 e. The van der Waals surface area contributed by atoms with Crippen LogP contribution in [0.2, 0.25) is 0 Å². The van der Waals surface area contributed by atoms with Crippen molar-refractivity contribution in [3.8, 4) is 16.3 Å². The highest BCUT2D eigenvalue weighted by Gasteiger charge is 2.30. The van der Waals surface area contributed by atoms with Crippen LogP contribution in [0.15, 0.2) is 64.2 Å². The number of hydrogen-bond donors (Lipinski definition) is 1. The molecule has 0 unspecified atom stereocenters. The van der Waals surface area contributed by atoms with E-state index in [1.807, 2.05) is 30.5 Å². The minimum absolute atomic E-state index is 0.396. The van der Waals surface area contributed by atoms with Gasteiger partial charge in [-0.1, -0.05) is 12.1 Å². The first kappa shape index (κ1) is 25.3. The topological polar surface area (TPSA) is 59.4 Å². The Morgan fingerprint density at radius 2 is 1.91 bits per heavy atom. The van der Waals surface area contributed by atoms with Gasteiger partial charge in [0.25, 0.3) is 0 Å². The van der Waals surface area contributed by atoms with Crippen LogP contribution in [0.4, 0.5) is 13.2 Å². The number of rotatable bonds is 9. The monoisotopic (exact) mass is 535 g/mol. The van der Waals surface area contributed by atoms with Crippen molar-refractivity contribution in [2.75, 3.05) is 6.61 Å². The number of carboxylic acid groups (broad SMARTS) is 1. The van der Waals surface area contributed by atoms with Gasteiger partial charge < -0.3 is 9.84 Å². The second-order valence-electron chi connectivity index (χ2n) is 7.67. The number of nitrogens with zero attached hydrogens (tertiary/aromatic N) is 1. The largest absolute Gasteiger partial charge is 0.482 e. The maximum atomic E-state index is 12.9. The van der Waals surface area contributed by atoms with Crippen LogP contribution in [0, 0.1) is 6.92 Å². The van der Waals surface area contributed by atoms with Crippen molar-refractivity contribution >= 4 is 40.4 Å². The molecular formula is C25H20F3NO3S3. The van der Waals surface area contributed by atoms with E-state index in [2.05, 4.69) is 5.38 Å². The quantitative estimate of drug-likeness (QED) is 0.224. The molecule has 2 aromatic carbocycles. The summed E-state index contributed by atoms with van der Waals surface area (Å²) in [6.07, 6.45) is -3.73. The lowest BCUT2D eigenvalue weighted by Gasteiger charge is -2.09. The molecule has 4 aromatic rings. The number of carboxylic acids is 1. The number of alkyl halides is 3. The van der Waals surface area contributed by atoms with E-state index >= 15 is 0 Å². The number of thiophene rings is 1. The fraction of sp³-hybridized carbons (Fsp3) is 0.200. The summed E-state index contributed by atoms with van der Waals surface area (Å²) in [5.41, 5.74) is 2.86. The van der Waals surface area contributed by atoms with Gasteiger partial charge in [-0.05, 0) is 65.2 Å². The van der Waals surface area contributed by atoms with Crippen LogP contribution in [0.3, 0.4) is 0 Å². The molecule has 0 atom stereocenters. The van der Waals surface area contributed by atoms with Crippen molar-refractivity contribution in [1.82, 2.24) is 4.98 Å². The maximum absolute atomic E-state index is 12.9. The summed E-state index contributed by atoms with van der Waals surface area (Å²) in [5.74, 6) is 0.138. The number of aryl methyl sites for hydroxylation is 1. The standard InChI is InChI=1S/C25H20F3NO3S3/c1-15-10-19(6-7-21(15)32-12-23(30)31)34-14-22-20(11-16-8-9-33-13-16)29-24(35-22)17-2-4-18(5-3-17)25(26,27)28/h2-10,13H,11-12,14H2,1H3,(H,30,31). The molecule has 0 aliphatic heterocycles. The minimum atomic E-state index is -4.38. The van der Waals surface area contributed by atoms with Crippen LogP contribution in [0.25, 0.3) is 10.6 Å². The number of aliphatic carboxylic acids is 1. The molecule has 0 fully saturated rings. The number of thiazole rings is 1. The van der Waals surface area contributed by atoms with Gasteiger partial charge in [0.05, 0.1) is 11.3 Å². The molecule has 2 aromatic heterocycles. The first-order valence-electron chi connectivity index (χ1n) is 10.4. The van der Waals surface area contributed by atoms with Crippen molar-refractivity contribution in [2.45, 2.75) is 30.2 Å². The zero-order valence-electron chi connectivity index (χ0n) is 18.5. The van der Waals surface area contributed by atoms with Crippen LogP contribution in [-0.4, -0.2) is 22.7 Å². The van der Waals surface area contributed by atoms with Crippen LogP contribution >= 0.6 is 34.4 Å². The van der Waals surface area contributed by atoms with Crippen LogP contribution in [0.5, 0.6) is 5.75 Å². The van der Waals surface area contributed by atoms with Gasteiger partial charge in [0, 0.05) is 27.5 Å². The van der Waals surface area contributed by atoms with E-state index in [9.17, 15) is 18.0 Å². The number of hydrogen-bond acceptors (Lipinski definition) is 6. The molecule has 0 aliphatic carbocycles. The zero-order valence-corrected chi connectivity index (χ0v) is 20.9. The second kappa shape index (κ2) is 10.8. The fourth-order valence-corrected chi connectivity index (χ4v) is 6.16. The smallest absolute Gasteiger partial charge is 0.416 e. The van der Waals surface area contributed by atoms with E-state index < -0.39 is 24.3 Å². The van der Waals surface area contributed by atoms with E-state index in [0.29, 0.717) is 28.5 Å². The third kappa shape index (κ3) is 6.65. The van der Waals surface area contributed by atoms with Gasteiger partial charge in [-0.3, -0.25) is 0 Å². The molecule has 0 saturated heterocycles. The van der Waals surface area contributed by atoms with Crippen LogP contribution < -0.4 is 4.74 Å². The van der Waals surface area contributed by atoms with Gasteiger partial charge in [0.1, 0.15) is 10.8 Å². The highest BCUT2D eigenvalue weighted by molar-refractivity contribution is 7.98. The Morgan fingerprint density at radius 3 is 2.54 bits per heavy atom. The minimum Gasteiger partial charge on any atom is -0.482 e. The fourth-order valence-electron chi connectivity index (χ4n) is 3.31. The molecule has 0 amide bonds. The highest BCUT2D eigenvalue weighted by Crippen LogP contribution is 2.36. The molecule has 0 aliphatic rings. The van der Waals surface area contributed by atoms with Gasteiger partial charge in [0.2, 0.25) is 0 Å². The Labute approximate surface area is 212 Å². The van der Waals surface area contributed by atoms with Crippen molar-refractivity contribution in [3.05, 3.63) is 86.6 Å². The van der Waals surface area contributed by atoms with Gasteiger partial charge in [-0.15, -0.1) is 23.1 Å². The summed E-state index contributed by atoms with van der Waals surface area (Å²) >= 11 is 4.71. The number of thioether (sulfide) groups is 1. The highest BCUT2D eigenvalue weighted by atomic mass is 32.2. The molecule has 0 radical (unpaired) electrons. The van der Waals surface area contributed by atoms with E-state index in [0.717, 1.165) is 38.7 Å². The summed E-state index contributed by atoms with van der Waals surface area (Å²) < 4.78 is 44.1.